The van der Waals surface area contributed by atoms with Gasteiger partial charge in [0.25, 0.3) is 0 Å². The maximum atomic E-state index is 11.8. The van der Waals surface area contributed by atoms with Gasteiger partial charge in [-0.3, -0.25) is 10.8 Å². The molecule has 0 aromatic heterocycles. The summed E-state index contributed by atoms with van der Waals surface area (Å²) < 4.78 is 5.06. The van der Waals surface area contributed by atoms with Crippen LogP contribution < -0.4 is 11.2 Å². The van der Waals surface area contributed by atoms with E-state index in [1.165, 1.54) is 18.2 Å². The molecule has 0 saturated heterocycles. The number of nitriles is 1. The number of rotatable bonds is 5. The van der Waals surface area contributed by atoms with Gasteiger partial charge >= 0.3 is 5.97 Å². The second-order valence-corrected chi connectivity index (χ2v) is 4.65. The molecule has 21 heavy (non-hydrogen) atoms. The number of esters is 1. The van der Waals surface area contributed by atoms with Crippen LogP contribution in [0, 0.1) is 16.7 Å². The fraction of sp³-hybridized carbons (Fsp3) is 0.231. The number of carbonyl (C=O) groups is 1. The van der Waals surface area contributed by atoms with E-state index in [0.717, 1.165) is 0 Å². The molecule has 7 nitrogen and oxygen atoms in total. The highest BCUT2D eigenvalue weighted by molar-refractivity contribution is 6.46. The van der Waals surface area contributed by atoms with E-state index in [9.17, 15) is 4.79 Å². The summed E-state index contributed by atoms with van der Waals surface area (Å²) >= 11 is 5.96. The van der Waals surface area contributed by atoms with E-state index in [1.54, 1.807) is 19.9 Å². The minimum atomic E-state index is -0.499. The zero-order valence-electron chi connectivity index (χ0n) is 11.5. The first-order valence-electron chi connectivity index (χ1n) is 5.94. The second-order valence-electron chi connectivity index (χ2n) is 4.25. The molecule has 0 aliphatic carbocycles. The van der Waals surface area contributed by atoms with Gasteiger partial charge in [-0.25, -0.2) is 4.79 Å². The van der Waals surface area contributed by atoms with Gasteiger partial charge in [0.15, 0.2) is 5.84 Å². The third kappa shape index (κ3) is 4.78. The van der Waals surface area contributed by atoms with Gasteiger partial charge in [-0.2, -0.15) is 10.4 Å². The summed E-state index contributed by atoms with van der Waals surface area (Å²) in [5.74, 6) is -0.975. The van der Waals surface area contributed by atoms with Crippen LogP contribution in [-0.4, -0.2) is 23.6 Å². The first-order valence-corrected chi connectivity index (χ1v) is 6.31. The predicted octanol–water partition coefficient (Wildman–Crippen LogP) is 2.13. The fourth-order valence-corrected chi connectivity index (χ4v) is 1.44. The number of amidine groups is 1. The average molecular weight is 308 g/mol. The van der Waals surface area contributed by atoms with Crippen LogP contribution >= 0.6 is 11.6 Å². The lowest BCUT2D eigenvalue weighted by atomic mass is 10.2. The molecule has 0 aliphatic rings. The molecule has 0 heterocycles. The topological polar surface area (TPSA) is 124 Å². The molecule has 8 heteroatoms. The van der Waals surface area contributed by atoms with Crippen LogP contribution in [0.5, 0.6) is 0 Å². The van der Waals surface area contributed by atoms with Crippen molar-refractivity contribution in [2.45, 2.75) is 20.0 Å². The number of nitrogens with zero attached hydrogens (tertiary/aromatic N) is 2. The smallest absolute Gasteiger partial charge is 0.338 e. The number of ether oxygens (including phenoxy) is 1. The van der Waals surface area contributed by atoms with Gasteiger partial charge in [0, 0.05) is 0 Å². The SMILES string of the molecule is CC(C)OC(=O)c1ccc(Cl)c(N/N=C(\C#N)C(=N)N)c1. The van der Waals surface area contributed by atoms with Gasteiger partial charge in [-0.15, -0.1) is 0 Å². The molecule has 0 unspecified atom stereocenters. The Balaban J connectivity index is 3.01. The van der Waals surface area contributed by atoms with Crippen molar-refractivity contribution in [3.05, 3.63) is 28.8 Å². The van der Waals surface area contributed by atoms with Crippen LogP contribution in [0.2, 0.25) is 5.02 Å². The third-order valence-corrected chi connectivity index (χ3v) is 2.52. The summed E-state index contributed by atoms with van der Waals surface area (Å²) in [5, 5.41) is 19.8. The number of carbonyl (C=O) groups excluding carboxylic acids is 1. The van der Waals surface area contributed by atoms with Crippen molar-refractivity contribution >= 4 is 34.8 Å². The lowest BCUT2D eigenvalue weighted by molar-refractivity contribution is 0.0378. The number of halogens is 1. The third-order valence-electron chi connectivity index (χ3n) is 2.19. The van der Waals surface area contributed by atoms with Crippen LogP contribution in [0.1, 0.15) is 24.2 Å². The Morgan fingerprint density at radius 2 is 2.24 bits per heavy atom. The van der Waals surface area contributed by atoms with Crippen molar-refractivity contribution in [1.82, 2.24) is 0 Å². The Bertz CT molecular complexity index is 634. The van der Waals surface area contributed by atoms with Crippen molar-refractivity contribution in [1.29, 1.82) is 10.7 Å². The molecule has 0 spiro atoms. The molecule has 1 rings (SSSR count). The molecule has 0 fully saturated rings. The Labute approximate surface area is 126 Å². The quantitative estimate of drug-likeness (QED) is 0.332. The molecule has 0 atom stereocenters. The van der Waals surface area contributed by atoms with E-state index in [1.807, 2.05) is 0 Å². The number of nitrogens with two attached hydrogens (primary N) is 1. The van der Waals surface area contributed by atoms with Crippen molar-refractivity contribution in [3.8, 4) is 6.07 Å². The summed E-state index contributed by atoms with van der Waals surface area (Å²) in [5.41, 5.74) is 7.95. The van der Waals surface area contributed by atoms with E-state index in [0.29, 0.717) is 10.7 Å². The summed E-state index contributed by atoms with van der Waals surface area (Å²) in [7, 11) is 0. The van der Waals surface area contributed by atoms with Gasteiger partial charge < -0.3 is 10.5 Å². The summed E-state index contributed by atoms with van der Waals surface area (Å²) in [4.78, 5) is 11.8. The lowest BCUT2D eigenvalue weighted by Crippen LogP contribution is -2.22. The van der Waals surface area contributed by atoms with E-state index >= 15 is 0 Å². The van der Waals surface area contributed by atoms with E-state index < -0.39 is 11.8 Å². The second kappa shape index (κ2) is 7.26. The van der Waals surface area contributed by atoms with E-state index in [4.69, 9.17) is 32.7 Å². The average Bonchev–Trinajstić information content (AvgIpc) is 2.40. The highest BCUT2D eigenvalue weighted by Crippen LogP contribution is 2.23. The Morgan fingerprint density at radius 3 is 2.76 bits per heavy atom. The van der Waals surface area contributed by atoms with Crippen molar-refractivity contribution < 1.29 is 9.53 Å². The van der Waals surface area contributed by atoms with Crippen LogP contribution in [0.15, 0.2) is 23.3 Å². The molecular weight excluding hydrogens is 294 g/mol. The maximum Gasteiger partial charge on any atom is 0.338 e. The fourth-order valence-electron chi connectivity index (χ4n) is 1.28. The van der Waals surface area contributed by atoms with Crippen LogP contribution in [0.4, 0.5) is 5.69 Å². The first-order chi connectivity index (χ1) is 9.85. The first kappa shape index (κ1) is 16.5. The molecule has 1 aromatic rings. The van der Waals surface area contributed by atoms with Gasteiger partial charge in [0.05, 0.1) is 22.4 Å². The Morgan fingerprint density at radius 1 is 1.57 bits per heavy atom. The molecule has 1 aromatic carbocycles. The molecular formula is C13H14ClN5O2. The van der Waals surface area contributed by atoms with E-state index in [-0.39, 0.29) is 17.4 Å². The van der Waals surface area contributed by atoms with Crippen LogP contribution in [0.25, 0.3) is 0 Å². The maximum absolute atomic E-state index is 11.8. The molecule has 0 bridgehead atoms. The molecule has 0 aliphatic heterocycles. The Hall–Kier alpha value is -2.59. The van der Waals surface area contributed by atoms with Gasteiger partial charge in [0.1, 0.15) is 6.07 Å². The molecule has 0 radical (unpaired) electrons. The number of nitrogens with one attached hydrogen (secondary N) is 2. The molecule has 110 valence electrons. The minimum absolute atomic E-state index is 0.245. The molecule has 4 N–H and O–H groups in total. The summed E-state index contributed by atoms with van der Waals surface area (Å²) in [6, 6.07) is 6.10. The predicted molar refractivity (Wildman–Crippen MR) is 80.6 cm³/mol. The number of hydrogen-bond acceptors (Lipinski definition) is 6. The number of hydrogen-bond donors (Lipinski definition) is 3. The normalized spacial score (nSPS) is 10.9. The summed E-state index contributed by atoms with van der Waals surface area (Å²) in [6.45, 7) is 3.48. The monoisotopic (exact) mass is 307 g/mol. The zero-order chi connectivity index (χ0) is 16.0. The van der Waals surface area contributed by atoms with Crippen LogP contribution in [0.3, 0.4) is 0 Å². The van der Waals surface area contributed by atoms with Crippen molar-refractivity contribution in [2.24, 2.45) is 10.8 Å². The summed E-state index contributed by atoms with van der Waals surface area (Å²) in [6.07, 6.45) is -0.245. The molecule has 0 amide bonds. The molecule has 0 saturated carbocycles. The van der Waals surface area contributed by atoms with Gasteiger partial charge in [0.2, 0.25) is 5.71 Å². The van der Waals surface area contributed by atoms with Gasteiger partial charge in [-0.1, -0.05) is 11.6 Å². The number of hydrazone groups is 1. The van der Waals surface area contributed by atoms with E-state index in [2.05, 4.69) is 10.5 Å². The highest BCUT2D eigenvalue weighted by atomic mass is 35.5. The Kier molecular flexibility index (Phi) is 5.69. The van der Waals surface area contributed by atoms with Crippen molar-refractivity contribution in [3.63, 3.8) is 0 Å². The number of anilines is 1. The lowest BCUT2D eigenvalue weighted by Gasteiger charge is -2.10. The largest absolute Gasteiger partial charge is 0.459 e. The van der Waals surface area contributed by atoms with Gasteiger partial charge in [-0.05, 0) is 32.0 Å². The number of benzene rings is 1. The van der Waals surface area contributed by atoms with Crippen molar-refractivity contribution in [2.75, 3.05) is 5.43 Å². The zero-order valence-corrected chi connectivity index (χ0v) is 12.2. The highest BCUT2D eigenvalue weighted by Gasteiger charge is 2.12. The van der Waals surface area contributed by atoms with Crippen LogP contribution in [-0.2, 0) is 4.74 Å². The standard InChI is InChI=1S/C13H14ClN5O2/c1-7(2)21-13(20)8-3-4-9(14)10(5-8)18-19-11(6-15)12(16)17/h3-5,7,18H,1-2H3,(H3,16,17)/b19-11+. The minimum Gasteiger partial charge on any atom is -0.459 e.